The van der Waals surface area contributed by atoms with Crippen molar-refractivity contribution >= 4 is 30.7 Å². The van der Waals surface area contributed by atoms with Gasteiger partial charge in [0, 0.05) is 26.2 Å². The van der Waals surface area contributed by atoms with E-state index in [1.54, 1.807) is 13.8 Å². The van der Waals surface area contributed by atoms with Crippen LogP contribution < -0.4 is 11.1 Å². The van der Waals surface area contributed by atoms with Gasteiger partial charge in [-0.15, -0.1) is 24.8 Å². The lowest BCUT2D eigenvalue weighted by Gasteiger charge is -2.33. The smallest absolute Gasteiger partial charge is 0.239 e. The highest BCUT2D eigenvalue weighted by molar-refractivity contribution is 5.85. The van der Waals surface area contributed by atoms with Gasteiger partial charge in [-0.1, -0.05) is 30.3 Å². The molecule has 1 amide bonds. The molecule has 2 rings (SSSR count). The molecule has 0 radical (unpaired) electrons. The molecular formula is C16H27Cl2N3O2. The van der Waals surface area contributed by atoms with E-state index < -0.39 is 5.54 Å². The molecule has 1 fully saturated rings. The van der Waals surface area contributed by atoms with E-state index in [9.17, 15) is 4.79 Å². The number of nitrogens with one attached hydrogen (secondary N) is 1. The molecule has 1 heterocycles. The number of amides is 1. The molecule has 5 nitrogen and oxygen atoms in total. The Hall–Kier alpha value is -0.850. The maximum Gasteiger partial charge on any atom is 0.239 e. The third kappa shape index (κ3) is 7.50. The molecule has 132 valence electrons. The van der Waals surface area contributed by atoms with Gasteiger partial charge in [-0.2, -0.15) is 0 Å². The van der Waals surface area contributed by atoms with Crippen molar-refractivity contribution in [3.8, 4) is 0 Å². The van der Waals surface area contributed by atoms with Gasteiger partial charge in [-0.05, 0) is 19.4 Å². The predicted octanol–water partition coefficient (Wildman–Crippen LogP) is 1.58. The van der Waals surface area contributed by atoms with E-state index >= 15 is 0 Å². The Labute approximate surface area is 150 Å². The minimum Gasteiger partial charge on any atom is -0.374 e. The van der Waals surface area contributed by atoms with Crippen LogP contribution in [0.25, 0.3) is 0 Å². The Kier molecular flexibility index (Phi) is 9.73. The fourth-order valence-corrected chi connectivity index (χ4v) is 2.32. The van der Waals surface area contributed by atoms with Gasteiger partial charge in [0.2, 0.25) is 5.91 Å². The average molecular weight is 364 g/mol. The first-order chi connectivity index (χ1) is 9.95. The maximum atomic E-state index is 11.8. The fourth-order valence-electron chi connectivity index (χ4n) is 2.32. The molecule has 0 aromatic heterocycles. The third-order valence-corrected chi connectivity index (χ3v) is 3.55. The van der Waals surface area contributed by atoms with Crippen LogP contribution in [0.5, 0.6) is 0 Å². The van der Waals surface area contributed by atoms with Gasteiger partial charge >= 0.3 is 0 Å². The zero-order valence-corrected chi connectivity index (χ0v) is 15.3. The molecule has 23 heavy (non-hydrogen) atoms. The molecule has 0 saturated carbocycles. The van der Waals surface area contributed by atoms with Gasteiger partial charge in [-0.3, -0.25) is 9.69 Å². The van der Waals surface area contributed by atoms with Gasteiger partial charge in [0.1, 0.15) is 0 Å². The maximum absolute atomic E-state index is 11.8. The van der Waals surface area contributed by atoms with Crippen LogP contribution >= 0.6 is 24.8 Å². The summed E-state index contributed by atoms with van der Waals surface area (Å²) in [6.45, 7) is 7.25. The average Bonchev–Trinajstić information content (AvgIpc) is 2.45. The van der Waals surface area contributed by atoms with E-state index in [1.807, 2.05) is 6.07 Å². The first kappa shape index (κ1) is 22.1. The van der Waals surface area contributed by atoms with Gasteiger partial charge in [0.05, 0.1) is 18.2 Å². The first-order valence-corrected chi connectivity index (χ1v) is 7.40. The number of rotatable bonds is 5. The Morgan fingerprint density at radius 2 is 2.00 bits per heavy atom. The Morgan fingerprint density at radius 1 is 1.35 bits per heavy atom. The Balaban J connectivity index is 0.00000242. The van der Waals surface area contributed by atoms with E-state index in [-0.39, 0.29) is 36.8 Å². The number of carbonyl (C=O) groups excluding carboxylic acids is 1. The molecule has 1 aliphatic heterocycles. The second kappa shape index (κ2) is 10.1. The topological polar surface area (TPSA) is 67.6 Å². The standard InChI is InChI=1S/C16H25N3O2.2ClH/c1-16(2,17)15(20)18-10-14-12-19(8-9-21-14)11-13-6-4-3-5-7-13;;/h3-7,14H,8-12,17H2,1-2H3,(H,18,20);2*1H. The Morgan fingerprint density at radius 3 is 2.61 bits per heavy atom. The van der Waals surface area contributed by atoms with E-state index in [2.05, 4.69) is 34.5 Å². The highest BCUT2D eigenvalue weighted by atomic mass is 35.5. The van der Waals surface area contributed by atoms with Crippen molar-refractivity contribution in [2.45, 2.75) is 32.0 Å². The van der Waals surface area contributed by atoms with Crippen molar-refractivity contribution in [2.75, 3.05) is 26.2 Å². The molecule has 1 unspecified atom stereocenters. The molecule has 1 aromatic rings. The van der Waals surface area contributed by atoms with Crippen molar-refractivity contribution in [1.82, 2.24) is 10.2 Å². The summed E-state index contributed by atoms with van der Waals surface area (Å²) in [7, 11) is 0. The number of nitrogens with zero attached hydrogens (tertiary/aromatic N) is 1. The lowest BCUT2D eigenvalue weighted by molar-refractivity contribution is -0.126. The van der Waals surface area contributed by atoms with E-state index in [1.165, 1.54) is 5.56 Å². The van der Waals surface area contributed by atoms with Crippen LogP contribution in [0.2, 0.25) is 0 Å². The fraction of sp³-hybridized carbons (Fsp3) is 0.562. The van der Waals surface area contributed by atoms with Crippen molar-refractivity contribution in [2.24, 2.45) is 5.73 Å². The van der Waals surface area contributed by atoms with Crippen LogP contribution in [0.4, 0.5) is 0 Å². The molecule has 3 N–H and O–H groups in total. The number of carbonyl (C=O) groups is 1. The van der Waals surface area contributed by atoms with E-state index in [4.69, 9.17) is 10.5 Å². The summed E-state index contributed by atoms with van der Waals surface area (Å²) in [6.07, 6.45) is 0.0220. The Bertz CT molecular complexity index is 466. The minimum absolute atomic E-state index is 0. The van der Waals surface area contributed by atoms with Gasteiger partial charge < -0.3 is 15.8 Å². The summed E-state index contributed by atoms with van der Waals surface area (Å²) in [5.41, 5.74) is 6.21. The first-order valence-electron chi connectivity index (χ1n) is 7.40. The molecule has 1 aromatic carbocycles. The van der Waals surface area contributed by atoms with Crippen molar-refractivity contribution in [3.63, 3.8) is 0 Å². The van der Waals surface area contributed by atoms with Crippen LogP contribution in [0.1, 0.15) is 19.4 Å². The van der Waals surface area contributed by atoms with Crippen molar-refractivity contribution in [1.29, 1.82) is 0 Å². The number of hydrogen-bond donors (Lipinski definition) is 2. The monoisotopic (exact) mass is 363 g/mol. The summed E-state index contributed by atoms with van der Waals surface area (Å²) in [5, 5.41) is 2.86. The van der Waals surface area contributed by atoms with Crippen LogP contribution in [-0.4, -0.2) is 48.7 Å². The third-order valence-electron chi connectivity index (χ3n) is 3.55. The van der Waals surface area contributed by atoms with Crippen LogP contribution in [0.15, 0.2) is 30.3 Å². The van der Waals surface area contributed by atoms with E-state index in [0.717, 1.165) is 19.6 Å². The van der Waals surface area contributed by atoms with Crippen LogP contribution in [0, 0.1) is 0 Å². The van der Waals surface area contributed by atoms with Crippen molar-refractivity contribution < 1.29 is 9.53 Å². The van der Waals surface area contributed by atoms with Gasteiger partial charge in [-0.25, -0.2) is 0 Å². The molecule has 1 saturated heterocycles. The zero-order chi connectivity index (χ0) is 15.3. The lowest BCUT2D eigenvalue weighted by Crippen LogP contribution is -2.53. The molecular weight excluding hydrogens is 337 g/mol. The molecule has 0 spiro atoms. The summed E-state index contributed by atoms with van der Waals surface area (Å²) >= 11 is 0. The number of benzene rings is 1. The lowest BCUT2D eigenvalue weighted by atomic mass is 10.1. The summed E-state index contributed by atoms with van der Waals surface area (Å²) in [4.78, 5) is 14.1. The van der Waals surface area contributed by atoms with Crippen molar-refractivity contribution in [3.05, 3.63) is 35.9 Å². The molecule has 1 atom stereocenters. The number of ether oxygens (including phenoxy) is 1. The second-order valence-electron chi connectivity index (χ2n) is 6.15. The molecule has 1 aliphatic rings. The number of morpholine rings is 1. The van der Waals surface area contributed by atoms with Crippen LogP contribution in [-0.2, 0) is 16.1 Å². The molecule has 0 aliphatic carbocycles. The summed E-state index contributed by atoms with van der Waals surface area (Å²) < 4.78 is 5.71. The molecule has 7 heteroatoms. The van der Waals surface area contributed by atoms with Gasteiger partial charge in [0.15, 0.2) is 0 Å². The van der Waals surface area contributed by atoms with Gasteiger partial charge in [0.25, 0.3) is 0 Å². The number of hydrogen-bond acceptors (Lipinski definition) is 4. The number of halogens is 2. The minimum atomic E-state index is -0.849. The normalized spacial score (nSPS) is 18.5. The number of nitrogens with two attached hydrogens (primary N) is 1. The summed E-state index contributed by atoms with van der Waals surface area (Å²) in [6, 6.07) is 10.4. The summed E-state index contributed by atoms with van der Waals surface area (Å²) in [5.74, 6) is -0.147. The second-order valence-corrected chi connectivity index (χ2v) is 6.15. The molecule has 0 bridgehead atoms. The highest BCUT2D eigenvalue weighted by Crippen LogP contribution is 2.10. The van der Waals surface area contributed by atoms with E-state index in [0.29, 0.717) is 13.2 Å². The SMILES string of the molecule is CC(C)(N)C(=O)NCC1CN(Cc2ccccc2)CCO1.Cl.Cl. The van der Waals surface area contributed by atoms with Crippen LogP contribution in [0.3, 0.4) is 0 Å². The quantitative estimate of drug-likeness (QED) is 0.833. The largest absolute Gasteiger partial charge is 0.374 e. The predicted molar refractivity (Wildman–Crippen MR) is 97.2 cm³/mol. The highest BCUT2D eigenvalue weighted by Gasteiger charge is 2.25. The zero-order valence-electron chi connectivity index (χ0n) is 13.7.